The van der Waals surface area contributed by atoms with Gasteiger partial charge >= 0.3 is 0 Å². The van der Waals surface area contributed by atoms with Crippen molar-refractivity contribution in [3.63, 3.8) is 0 Å². The van der Waals surface area contributed by atoms with Crippen LogP contribution in [0.2, 0.25) is 10.0 Å². The minimum Gasteiger partial charge on any atom is -0.325 e. The van der Waals surface area contributed by atoms with Gasteiger partial charge in [-0.15, -0.1) is 11.8 Å². The van der Waals surface area contributed by atoms with Gasteiger partial charge in [-0.25, -0.2) is 0 Å². The zero-order chi connectivity index (χ0) is 16.1. The minimum atomic E-state index is -0.157. The van der Waals surface area contributed by atoms with Crippen molar-refractivity contribution >= 4 is 46.6 Å². The van der Waals surface area contributed by atoms with Crippen molar-refractivity contribution in [2.75, 3.05) is 5.32 Å². The summed E-state index contributed by atoms with van der Waals surface area (Å²) >= 11 is 13.4. The van der Waals surface area contributed by atoms with Gasteiger partial charge in [0.25, 0.3) is 0 Å². The maximum absolute atomic E-state index is 12.2. The van der Waals surface area contributed by atoms with E-state index in [1.165, 1.54) is 0 Å². The third-order valence-corrected chi connectivity index (χ3v) is 5.09. The molecule has 0 radical (unpaired) electrons. The van der Waals surface area contributed by atoms with E-state index in [1.807, 2.05) is 50.2 Å². The average Bonchev–Trinajstić information content (AvgIpc) is 2.48. The summed E-state index contributed by atoms with van der Waals surface area (Å²) in [5.74, 6) is 0.704. The zero-order valence-electron chi connectivity index (χ0n) is 12.4. The van der Waals surface area contributed by atoms with Gasteiger partial charge in [0.15, 0.2) is 0 Å². The van der Waals surface area contributed by atoms with E-state index in [2.05, 4.69) is 5.32 Å². The first-order valence-corrected chi connectivity index (χ1v) is 8.69. The predicted octanol–water partition coefficient (Wildman–Crippen LogP) is 5.56. The van der Waals surface area contributed by atoms with Crippen LogP contribution in [0.15, 0.2) is 42.5 Å². The van der Waals surface area contributed by atoms with Gasteiger partial charge in [0.2, 0.25) is 5.91 Å². The quantitative estimate of drug-likeness (QED) is 0.761. The summed E-state index contributed by atoms with van der Waals surface area (Å²) in [6, 6.07) is 13.3. The molecule has 0 aliphatic carbocycles. The highest BCUT2D eigenvalue weighted by Gasteiger charge is 2.14. The molecule has 1 amide bonds. The predicted molar refractivity (Wildman–Crippen MR) is 97.0 cm³/mol. The van der Waals surface area contributed by atoms with Crippen molar-refractivity contribution in [3.05, 3.63) is 63.6 Å². The number of amides is 1. The highest BCUT2D eigenvalue weighted by Crippen LogP contribution is 2.26. The molecule has 1 N–H and O–H groups in total. The zero-order valence-corrected chi connectivity index (χ0v) is 14.7. The lowest BCUT2D eigenvalue weighted by molar-refractivity contribution is -0.115. The van der Waals surface area contributed by atoms with Gasteiger partial charge < -0.3 is 5.32 Å². The molecule has 1 unspecified atom stereocenters. The lowest BCUT2D eigenvalue weighted by Gasteiger charge is -2.12. The monoisotopic (exact) mass is 353 g/mol. The molecule has 5 heteroatoms. The van der Waals surface area contributed by atoms with Gasteiger partial charge in [0, 0.05) is 11.4 Å². The van der Waals surface area contributed by atoms with Crippen LogP contribution in [0.1, 0.15) is 18.1 Å². The molecule has 116 valence electrons. The van der Waals surface area contributed by atoms with E-state index >= 15 is 0 Å². The molecule has 22 heavy (non-hydrogen) atoms. The normalized spacial score (nSPS) is 12.0. The van der Waals surface area contributed by atoms with Crippen LogP contribution in [0.25, 0.3) is 0 Å². The second kappa shape index (κ2) is 7.91. The fourth-order valence-corrected chi connectivity index (χ4v) is 3.05. The van der Waals surface area contributed by atoms with Gasteiger partial charge in [-0.2, -0.15) is 0 Å². The molecule has 0 bridgehead atoms. The molecule has 0 heterocycles. The standard InChI is InChI=1S/C17H17Cl2NOS/c1-11-4-3-5-14(8-11)20-17(21)12(2)22-10-13-6-7-15(18)16(19)9-13/h3-9,12H,10H2,1-2H3,(H,20,21). The maximum atomic E-state index is 12.2. The van der Waals surface area contributed by atoms with Gasteiger partial charge in [-0.1, -0.05) is 41.4 Å². The molecule has 0 saturated carbocycles. The van der Waals surface area contributed by atoms with E-state index in [4.69, 9.17) is 23.2 Å². The van der Waals surface area contributed by atoms with Gasteiger partial charge in [0.1, 0.15) is 0 Å². The minimum absolute atomic E-state index is 0.00402. The lowest BCUT2D eigenvalue weighted by atomic mass is 10.2. The number of benzene rings is 2. The Labute approximate surface area is 145 Å². The SMILES string of the molecule is Cc1cccc(NC(=O)C(C)SCc2ccc(Cl)c(Cl)c2)c1. The van der Waals surface area contributed by atoms with Crippen LogP contribution < -0.4 is 5.32 Å². The van der Waals surface area contributed by atoms with Crippen LogP contribution in [0, 0.1) is 6.92 Å². The summed E-state index contributed by atoms with van der Waals surface area (Å²) < 4.78 is 0. The Hall–Kier alpha value is -1.16. The number of carbonyl (C=O) groups is 1. The third kappa shape index (κ3) is 4.94. The molecule has 2 rings (SSSR count). The first-order valence-electron chi connectivity index (χ1n) is 6.89. The fourth-order valence-electron chi connectivity index (χ4n) is 1.89. The van der Waals surface area contributed by atoms with Crippen LogP contribution in [0.4, 0.5) is 5.69 Å². The van der Waals surface area contributed by atoms with Crippen molar-refractivity contribution in [1.29, 1.82) is 0 Å². The summed E-state index contributed by atoms with van der Waals surface area (Å²) in [5, 5.41) is 3.86. The number of carbonyl (C=O) groups excluding carboxylic acids is 1. The van der Waals surface area contributed by atoms with Gasteiger partial charge in [-0.3, -0.25) is 4.79 Å². The molecule has 2 nitrogen and oxygen atoms in total. The van der Waals surface area contributed by atoms with Crippen molar-refractivity contribution in [1.82, 2.24) is 0 Å². The maximum Gasteiger partial charge on any atom is 0.237 e. The Morgan fingerprint density at radius 1 is 1.18 bits per heavy atom. The Bertz CT molecular complexity index is 675. The largest absolute Gasteiger partial charge is 0.325 e. The van der Waals surface area contributed by atoms with Crippen LogP contribution >= 0.6 is 35.0 Å². The fraction of sp³-hybridized carbons (Fsp3) is 0.235. The van der Waals surface area contributed by atoms with Gasteiger partial charge in [-0.05, 0) is 49.2 Å². The molecule has 1 atom stereocenters. The second-order valence-corrected chi connectivity index (χ2v) is 7.20. The number of rotatable bonds is 5. The first-order chi connectivity index (χ1) is 10.5. The number of hydrogen-bond acceptors (Lipinski definition) is 2. The summed E-state index contributed by atoms with van der Waals surface area (Å²) in [5.41, 5.74) is 3.00. The molecule has 0 saturated heterocycles. The third-order valence-electron chi connectivity index (χ3n) is 3.14. The van der Waals surface area contributed by atoms with E-state index in [-0.39, 0.29) is 11.2 Å². The van der Waals surface area contributed by atoms with Crippen LogP contribution in [-0.2, 0) is 10.5 Å². The second-order valence-electron chi connectivity index (χ2n) is 5.06. The number of halogens is 2. The molecule has 0 aliphatic rings. The van der Waals surface area contributed by atoms with E-state index in [0.717, 1.165) is 16.8 Å². The first kappa shape index (κ1) is 17.2. The molecule has 2 aromatic rings. The summed E-state index contributed by atoms with van der Waals surface area (Å²) in [7, 11) is 0. The Morgan fingerprint density at radius 3 is 2.64 bits per heavy atom. The van der Waals surface area contributed by atoms with E-state index < -0.39 is 0 Å². The summed E-state index contributed by atoms with van der Waals surface area (Å²) in [6.07, 6.45) is 0. The summed E-state index contributed by atoms with van der Waals surface area (Å²) in [4.78, 5) is 12.2. The Kier molecular flexibility index (Phi) is 6.18. The number of nitrogens with one attached hydrogen (secondary N) is 1. The number of hydrogen-bond donors (Lipinski definition) is 1. The van der Waals surface area contributed by atoms with Crippen LogP contribution in [-0.4, -0.2) is 11.2 Å². The number of thioether (sulfide) groups is 1. The molecule has 0 spiro atoms. The lowest BCUT2D eigenvalue weighted by Crippen LogP contribution is -2.22. The smallest absolute Gasteiger partial charge is 0.237 e. The molecule has 0 fully saturated rings. The van der Waals surface area contributed by atoms with Crippen LogP contribution in [0.3, 0.4) is 0 Å². The van der Waals surface area contributed by atoms with Crippen LogP contribution in [0.5, 0.6) is 0 Å². The van der Waals surface area contributed by atoms with Crippen molar-refractivity contribution in [2.24, 2.45) is 0 Å². The highest BCUT2D eigenvalue weighted by molar-refractivity contribution is 7.99. The molecular weight excluding hydrogens is 337 g/mol. The number of aryl methyl sites for hydroxylation is 1. The topological polar surface area (TPSA) is 29.1 Å². The molecular formula is C17H17Cl2NOS. The number of anilines is 1. The summed E-state index contributed by atoms with van der Waals surface area (Å²) in [6.45, 7) is 3.89. The molecule has 0 aromatic heterocycles. The van der Waals surface area contributed by atoms with E-state index in [1.54, 1.807) is 17.8 Å². The molecule has 2 aromatic carbocycles. The van der Waals surface area contributed by atoms with E-state index in [9.17, 15) is 4.79 Å². The average molecular weight is 354 g/mol. The van der Waals surface area contributed by atoms with E-state index in [0.29, 0.717) is 15.8 Å². The van der Waals surface area contributed by atoms with Crippen molar-refractivity contribution in [2.45, 2.75) is 24.9 Å². The Morgan fingerprint density at radius 2 is 1.95 bits per heavy atom. The molecule has 0 aliphatic heterocycles. The van der Waals surface area contributed by atoms with Crippen molar-refractivity contribution in [3.8, 4) is 0 Å². The van der Waals surface area contributed by atoms with Crippen molar-refractivity contribution < 1.29 is 4.79 Å². The van der Waals surface area contributed by atoms with Gasteiger partial charge in [0.05, 0.1) is 15.3 Å². The highest BCUT2D eigenvalue weighted by atomic mass is 35.5. The Balaban J connectivity index is 1.89.